The van der Waals surface area contributed by atoms with Crippen molar-refractivity contribution in [3.05, 3.63) is 105 Å². The number of hydrogen-bond acceptors (Lipinski definition) is 5. The molecule has 1 fully saturated rings. The number of amides is 2. The molecule has 0 aromatic heterocycles. The summed E-state index contributed by atoms with van der Waals surface area (Å²) in [5.41, 5.74) is 2.86. The van der Waals surface area contributed by atoms with E-state index in [0.29, 0.717) is 50.7 Å². The number of imide groups is 1. The second-order valence-electron chi connectivity index (χ2n) is 7.81. The van der Waals surface area contributed by atoms with Crippen molar-refractivity contribution in [1.82, 2.24) is 0 Å². The summed E-state index contributed by atoms with van der Waals surface area (Å²) >= 11 is 13.2. The lowest BCUT2D eigenvalue weighted by Crippen LogP contribution is -2.27. The van der Waals surface area contributed by atoms with Crippen LogP contribution < -0.4 is 14.4 Å². The molecule has 0 bridgehead atoms. The molecule has 0 aliphatic carbocycles. The molecule has 5 nitrogen and oxygen atoms in total. The summed E-state index contributed by atoms with van der Waals surface area (Å²) in [5.74, 6) is 0.727. The highest BCUT2D eigenvalue weighted by Gasteiger charge is 2.36. The molecular weight excluding hydrogens is 517 g/mol. The molecule has 1 saturated heterocycles. The zero-order chi connectivity index (χ0) is 25.7. The van der Waals surface area contributed by atoms with Crippen molar-refractivity contribution in [2.45, 2.75) is 20.0 Å². The van der Waals surface area contributed by atoms with Gasteiger partial charge in [-0.05, 0) is 73.1 Å². The monoisotopic (exact) mass is 539 g/mol. The Morgan fingerprint density at radius 3 is 2.47 bits per heavy atom. The lowest BCUT2D eigenvalue weighted by atomic mass is 10.0. The third-order valence-corrected chi connectivity index (χ3v) is 6.77. The summed E-state index contributed by atoms with van der Waals surface area (Å²) in [6.45, 7) is 6.37. The normalized spacial score (nSPS) is 14.4. The number of halogens is 2. The number of carbonyl (C=O) groups is 2. The van der Waals surface area contributed by atoms with Gasteiger partial charge in [-0.15, -0.1) is 6.58 Å². The average Bonchev–Trinajstić information content (AvgIpc) is 3.13. The van der Waals surface area contributed by atoms with Crippen LogP contribution in [0, 0.1) is 0 Å². The van der Waals surface area contributed by atoms with Gasteiger partial charge in [-0.25, -0.2) is 4.90 Å². The first-order valence-corrected chi connectivity index (χ1v) is 12.8. The Morgan fingerprint density at radius 2 is 1.78 bits per heavy atom. The molecular formula is C28H23Cl2NO4S. The third-order valence-electron chi connectivity index (χ3n) is 5.31. The second-order valence-corrected chi connectivity index (χ2v) is 9.65. The van der Waals surface area contributed by atoms with Gasteiger partial charge in [0.15, 0.2) is 11.5 Å². The maximum atomic E-state index is 13.0. The van der Waals surface area contributed by atoms with Gasteiger partial charge in [0.25, 0.3) is 11.1 Å². The number of nitrogens with zero attached hydrogens (tertiary/aromatic N) is 1. The van der Waals surface area contributed by atoms with Crippen LogP contribution in [0.25, 0.3) is 6.08 Å². The molecule has 4 rings (SSSR count). The molecule has 0 saturated carbocycles. The van der Waals surface area contributed by atoms with E-state index in [9.17, 15) is 9.59 Å². The fourth-order valence-corrected chi connectivity index (χ4v) is 5.01. The first kappa shape index (κ1) is 25.9. The lowest BCUT2D eigenvalue weighted by molar-refractivity contribution is -0.113. The van der Waals surface area contributed by atoms with Crippen molar-refractivity contribution in [3.63, 3.8) is 0 Å². The Kier molecular flexibility index (Phi) is 8.41. The quantitative estimate of drug-likeness (QED) is 0.204. The molecule has 1 aliphatic heterocycles. The van der Waals surface area contributed by atoms with Crippen molar-refractivity contribution in [2.24, 2.45) is 0 Å². The molecule has 0 radical (unpaired) electrons. The van der Waals surface area contributed by atoms with Crippen LogP contribution in [0.1, 0.15) is 23.6 Å². The number of anilines is 1. The highest BCUT2D eigenvalue weighted by atomic mass is 35.5. The molecule has 8 heteroatoms. The Hall–Kier alpha value is -3.19. The van der Waals surface area contributed by atoms with E-state index < -0.39 is 0 Å². The average molecular weight is 540 g/mol. The first-order valence-electron chi connectivity index (χ1n) is 11.2. The molecule has 2 amide bonds. The van der Waals surface area contributed by atoms with Crippen LogP contribution in [0.3, 0.4) is 0 Å². The number of hydrogen-bond donors (Lipinski definition) is 0. The van der Waals surface area contributed by atoms with Crippen LogP contribution in [0.2, 0.25) is 10.0 Å². The zero-order valence-electron chi connectivity index (χ0n) is 19.5. The molecule has 1 aliphatic rings. The molecule has 0 N–H and O–H groups in total. The fourth-order valence-electron chi connectivity index (χ4n) is 3.71. The van der Waals surface area contributed by atoms with Crippen LogP contribution in [-0.4, -0.2) is 17.8 Å². The maximum Gasteiger partial charge on any atom is 0.298 e. The first-order chi connectivity index (χ1) is 17.4. The summed E-state index contributed by atoms with van der Waals surface area (Å²) in [6.07, 6.45) is 3.97. The van der Waals surface area contributed by atoms with Crippen molar-refractivity contribution in [3.8, 4) is 11.5 Å². The fraction of sp³-hybridized carbons (Fsp3) is 0.143. The van der Waals surface area contributed by atoms with Crippen molar-refractivity contribution < 1.29 is 19.1 Å². The molecule has 36 heavy (non-hydrogen) atoms. The number of thioether (sulfide) groups is 1. The van der Waals surface area contributed by atoms with Gasteiger partial charge in [0, 0.05) is 21.2 Å². The van der Waals surface area contributed by atoms with Crippen LogP contribution in [0.4, 0.5) is 10.5 Å². The summed E-state index contributed by atoms with van der Waals surface area (Å²) in [5, 5.41) is 0.720. The second kappa shape index (κ2) is 11.7. The van der Waals surface area contributed by atoms with Crippen LogP contribution in [-0.2, 0) is 17.8 Å². The molecule has 3 aromatic carbocycles. The van der Waals surface area contributed by atoms with Gasteiger partial charge in [-0.2, -0.15) is 0 Å². The Bertz CT molecular complexity index is 1340. The van der Waals surface area contributed by atoms with E-state index in [1.54, 1.807) is 54.6 Å². The maximum absolute atomic E-state index is 13.0. The summed E-state index contributed by atoms with van der Waals surface area (Å²) in [6, 6.07) is 17.8. The number of rotatable bonds is 9. The Morgan fingerprint density at radius 1 is 1.00 bits per heavy atom. The largest absolute Gasteiger partial charge is 0.490 e. The highest BCUT2D eigenvalue weighted by Crippen LogP contribution is 2.39. The van der Waals surface area contributed by atoms with E-state index in [2.05, 4.69) is 6.58 Å². The van der Waals surface area contributed by atoms with Crippen LogP contribution in [0.15, 0.2) is 78.2 Å². The van der Waals surface area contributed by atoms with E-state index in [-0.39, 0.29) is 17.8 Å². The van der Waals surface area contributed by atoms with Gasteiger partial charge in [0.1, 0.15) is 6.61 Å². The van der Waals surface area contributed by atoms with Crippen molar-refractivity contribution in [2.75, 3.05) is 11.5 Å². The summed E-state index contributed by atoms with van der Waals surface area (Å²) in [7, 11) is 0. The van der Waals surface area contributed by atoms with E-state index >= 15 is 0 Å². The van der Waals surface area contributed by atoms with Crippen molar-refractivity contribution >= 4 is 57.9 Å². The smallest absolute Gasteiger partial charge is 0.298 e. The van der Waals surface area contributed by atoms with E-state index in [1.165, 1.54) is 4.90 Å². The number of benzene rings is 3. The minimum atomic E-state index is -0.364. The Labute approximate surface area is 224 Å². The van der Waals surface area contributed by atoms with E-state index in [4.69, 9.17) is 32.7 Å². The third kappa shape index (κ3) is 5.78. The van der Waals surface area contributed by atoms with Crippen LogP contribution >= 0.6 is 35.0 Å². The lowest BCUT2D eigenvalue weighted by Gasteiger charge is -2.17. The summed E-state index contributed by atoms with van der Waals surface area (Å²) < 4.78 is 12.1. The number of para-hydroxylation sites is 1. The number of ether oxygens (including phenoxy) is 2. The predicted molar refractivity (Wildman–Crippen MR) is 147 cm³/mol. The zero-order valence-corrected chi connectivity index (χ0v) is 21.8. The van der Waals surface area contributed by atoms with Crippen LogP contribution in [0.5, 0.6) is 11.5 Å². The van der Waals surface area contributed by atoms with Gasteiger partial charge in [-0.3, -0.25) is 9.59 Å². The van der Waals surface area contributed by atoms with Gasteiger partial charge in [0.2, 0.25) is 0 Å². The van der Waals surface area contributed by atoms with Crippen molar-refractivity contribution in [1.29, 1.82) is 0 Å². The number of carbonyl (C=O) groups excluding carboxylic acids is 2. The molecule has 0 atom stereocenters. The molecule has 0 spiro atoms. The molecule has 184 valence electrons. The topological polar surface area (TPSA) is 55.8 Å². The predicted octanol–water partition coefficient (Wildman–Crippen LogP) is 7.94. The SMILES string of the molecule is C=CCc1cc(/C=C2\SC(=O)N(c3ccccc3)C2=O)cc(OCC)c1OCc1ccc(Cl)cc1Cl. The number of allylic oxidation sites excluding steroid dienone is 1. The Balaban J connectivity index is 1.67. The molecule has 0 unspecified atom stereocenters. The van der Waals surface area contributed by atoms with Gasteiger partial charge in [-0.1, -0.05) is 53.5 Å². The molecule has 3 aromatic rings. The minimum Gasteiger partial charge on any atom is -0.490 e. The van der Waals surface area contributed by atoms with E-state index in [1.807, 2.05) is 25.1 Å². The highest BCUT2D eigenvalue weighted by molar-refractivity contribution is 8.19. The van der Waals surface area contributed by atoms with Gasteiger partial charge in [0.05, 0.1) is 17.2 Å². The standard InChI is InChI=1S/C28H23Cl2NO4S/c1-3-8-19-13-18(15-25-27(32)31(28(33)36-25)22-9-6-5-7-10-22)14-24(34-4-2)26(19)35-17-20-11-12-21(29)16-23(20)30/h3,5-7,9-16H,1,4,8,17H2,2H3/b25-15-. The van der Waals surface area contributed by atoms with Gasteiger partial charge < -0.3 is 9.47 Å². The summed E-state index contributed by atoms with van der Waals surface area (Å²) in [4.78, 5) is 27.2. The minimum absolute atomic E-state index is 0.218. The van der Waals surface area contributed by atoms with Gasteiger partial charge >= 0.3 is 0 Å². The molecule has 1 heterocycles. The van der Waals surface area contributed by atoms with E-state index in [0.717, 1.165) is 22.9 Å².